The van der Waals surface area contributed by atoms with Gasteiger partial charge in [0.2, 0.25) is 0 Å². The molecule has 1 amide bonds. The van der Waals surface area contributed by atoms with Crippen molar-refractivity contribution in [2.45, 2.75) is 6.42 Å². The lowest BCUT2D eigenvalue weighted by molar-refractivity contribution is -0.384. The van der Waals surface area contributed by atoms with Gasteiger partial charge in [0, 0.05) is 18.1 Å². The van der Waals surface area contributed by atoms with Gasteiger partial charge in [-0.1, -0.05) is 36.4 Å². The number of nitro groups is 1. The van der Waals surface area contributed by atoms with Crippen LogP contribution in [0.4, 0.5) is 11.4 Å². The van der Waals surface area contributed by atoms with E-state index in [1.54, 1.807) is 24.3 Å². The third-order valence-corrected chi connectivity index (χ3v) is 4.67. The highest BCUT2D eigenvalue weighted by Gasteiger charge is 2.14. The molecular weight excluding hydrogens is 430 g/mol. The highest BCUT2D eigenvalue weighted by Crippen LogP contribution is 2.28. The average Bonchev–Trinajstić information content (AvgIpc) is 2.80. The second-order valence-electron chi connectivity index (χ2n) is 6.66. The molecule has 3 rings (SSSR count). The number of carbonyl (C=O) groups excluding carboxylic acids is 1. The Morgan fingerprint density at radius 2 is 1.84 bits per heavy atom. The second kappa shape index (κ2) is 10.9. The number of carbonyl (C=O) groups is 1. The molecule has 2 N–H and O–H groups in total. The molecule has 32 heavy (non-hydrogen) atoms. The molecule has 0 fully saturated rings. The van der Waals surface area contributed by atoms with Crippen LogP contribution in [0.2, 0.25) is 0 Å². The number of methoxy groups -OCH3 is 1. The summed E-state index contributed by atoms with van der Waals surface area (Å²) in [6.07, 6.45) is 0.752. The zero-order valence-corrected chi connectivity index (χ0v) is 18.1. The van der Waals surface area contributed by atoms with Gasteiger partial charge in [-0.2, -0.15) is 0 Å². The summed E-state index contributed by atoms with van der Waals surface area (Å²) in [6, 6.07) is 20.8. The molecule has 0 unspecified atom stereocenters. The molecule has 0 atom stereocenters. The molecule has 0 aliphatic carbocycles. The molecular formula is C23H21N3O5S. The predicted molar refractivity (Wildman–Crippen MR) is 125 cm³/mol. The highest BCUT2D eigenvalue weighted by atomic mass is 32.1. The van der Waals surface area contributed by atoms with E-state index in [4.69, 9.17) is 21.7 Å². The van der Waals surface area contributed by atoms with Crippen LogP contribution in [0.15, 0.2) is 72.8 Å². The number of non-ortho nitro benzene ring substituents is 1. The molecule has 0 saturated heterocycles. The van der Waals surface area contributed by atoms with E-state index in [-0.39, 0.29) is 16.5 Å². The average molecular weight is 452 g/mol. The van der Waals surface area contributed by atoms with Crippen LogP contribution < -0.4 is 20.1 Å². The van der Waals surface area contributed by atoms with Crippen molar-refractivity contribution < 1.29 is 19.2 Å². The number of ether oxygens (including phenoxy) is 2. The number of nitrogens with one attached hydrogen (secondary N) is 2. The van der Waals surface area contributed by atoms with Crippen molar-refractivity contribution >= 4 is 34.6 Å². The Morgan fingerprint density at radius 3 is 2.56 bits per heavy atom. The van der Waals surface area contributed by atoms with E-state index >= 15 is 0 Å². The minimum absolute atomic E-state index is 0.0255. The van der Waals surface area contributed by atoms with Gasteiger partial charge >= 0.3 is 0 Å². The van der Waals surface area contributed by atoms with Gasteiger partial charge < -0.3 is 14.8 Å². The number of nitrogens with zero attached hydrogens (tertiary/aromatic N) is 1. The molecule has 0 bridgehead atoms. The van der Waals surface area contributed by atoms with Crippen molar-refractivity contribution in [1.29, 1.82) is 0 Å². The first-order chi connectivity index (χ1) is 15.5. The summed E-state index contributed by atoms with van der Waals surface area (Å²) in [6.45, 7) is 0.481. The molecule has 164 valence electrons. The molecule has 8 nitrogen and oxygen atoms in total. The zero-order valence-electron chi connectivity index (χ0n) is 17.2. The highest BCUT2D eigenvalue weighted by molar-refractivity contribution is 7.80. The van der Waals surface area contributed by atoms with Gasteiger partial charge in [-0.25, -0.2) is 0 Å². The maximum absolute atomic E-state index is 12.6. The Labute approximate surface area is 190 Å². The van der Waals surface area contributed by atoms with Crippen LogP contribution in [0.1, 0.15) is 15.9 Å². The lowest BCUT2D eigenvalue weighted by atomic mass is 10.2. The summed E-state index contributed by atoms with van der Waals surface area (Å²) in [5.74, 6) is 0.381. The second-order valence-corrected chi connectivity index (χ2v) is 7.07. The molecule has 0 heterocycles. The number of amides is 1. The van der Waals surface area contributed by atoms with Crippen molar-refractivity contribution in [3.8, 4) is 11.5 Å². The minimum Gasteiger partial charge on any atom is -0.494 e. The van der Waals surface area contributed by atoms with Gasteiger partial charge in [0.15, 0.2) is 5.11 Å². The van der Waals surface area contributed by atoms with Crippen LogP contribution in [0.5, 0.6) is 11.5 Å². The van der Waals surface area contributed by atoms with Gasteiger partial charge in [0.05, 0.1) is 30.4 Å². The lowest BCUT2D eigenvalue weighted by Crippen LogP contribution is -2.34. The van der Waals surface area contributed by atoms with Crippen molar-refractivity contribution in [1.82, 2.24) is 5.32 Å². The molecule has 9 heteroatoms. The van der Waals surface area contributed by atoms with Crippen LogP contribution in [-0.4, -0.2) is 29.7 Å². The summed E-state index contributed by atoms with van der Waals surface area (Å²) in [5.41, 5.74) is 1.81. The summed E-state index contributed by atoms with van der Waals surface area (Å²) in [5, 5.41) is 16.3. The lowest BCUT2D eigenvalue weighted by Gasteiger charge is -2.13. The fraction of sp³-hybridized carbons (Fsp3) is 0.130. The number of anilines is 1. The molecule has 0 aromatic heterocycles. The molecule has 0 radical (unpaired) electrons. The normalized spacial score (nSPS) is 10.2. The first kappa shape index (κ1) is 22.7. The van der Waals surface area contributed by atoms with Gasteiger partial charge in [0.25, 0.3) is 11.6 Å². The van der Waals surface area contributed by atoms with Gasteiger partial charge in [0.1, 0.15) is 11.5 Å². The number of nitro benzene ring substituents is 1. The molecule has 0 spiro atoms. The first-order valence-electron chi connectivity index (χ1n) is 9.68. The molecule has 3 aromatic rings. The quantitative estimate of drug-likeness (QED) is 0.298. The van der Waals surface area contributed by atoms with Crippen LogP contribution in [-0.2, 0) is 6.42 Å². The summed E-state index contributed by atoms with van der Waals surface area (Å²) < 4.78 is 10.9. The van der Waals surface area contributed by atoms with Crippen LogP contribution >= 0.6 is 12.2 Å². The Morgan fingerprint density at radius 1 is 1.06 bits per heavy atom. The van der Waals surface area contributed by atoms with Crippen molar-refractivity contribution in [3.63, 3.8) is 0 Å². The van der Waals surface area contributed by atoms with Crippen molar-refractivity contribution in [2.75, 3.05) is 19.0 Å². The number of hydrogen-bond acceptors (Lipinski definition) is 6. The summed E-state index contributed by atoms with van der Waals surface area (Å²) in [7, 11) is 1.38. The third kappa shape index (κ3) is 6.26. The number of thiocarbonyl (C=S) groups is 1. The fourth-order valence-corrected chi connectivity index (χ4v) is 3.09. The topological polar surface area (TPSA) is 103 Å². The number of hydrogen-bond donors (Lipinski definition) is 2. The first-order valence-corrected chi connectivity index (χ1v) is 10.1. The zero-order chi connectivity index (χ0) is 22.9. The smallest absolute Gasteiger partial charge is 0.273 e. The van der Waals surface area contributed by atoms with Crippen LogP contribution in [0.25, 0.3) is 0 Å². The van der Waals surface area contributed by atoms with Crippen molar-refractivity contribution in [2.24, 2.45) is 0 Å². The molecule has 0 aliphatic rings. The van der Waals surface area contributed by atoms with E-state index in [0.29, 0.717) is 23.6 Å². The summed E-state index contributed by atoms with van der Waals surface area (Å²) >= 11 is 5.20. The van der Waals surface area contributed by atoms with E-state index in [1.807, 2.05) is 30.3 Å². The largest absolute Gasteiger partial charge is 0.494 e. The maximum atomic E-state index is 12.6. The van der Waals surface area contributed by atoms with Gasteiger partial charge in [-0.05, 0) is 42.0 Å². The van der Waals surface area contributed by atoms with E-state index in [0.717, 1.165) is 6.42 Å². The van der Waals surface area contributed by atoms with Crippen LogP contribution in [0, 0.1) is 10.1 Å². The van der Waals surface area contributed by atoms with Gasteiger partial charge in [-0.15, -0.1) is 0 Å². The molecule has 0 aliphatic heterocycles. The molecule has 3 aromatic carbocycles. The van der Waals surface area contributed by atoms with E-state index < -0.39 is 10.8 Å². The Hall–Kier alpha value is -3.98. The minimum atomic E-state index is -0.526. The van der Waals surface area contributed by atoms with Crippen molar-refractivity contribution in [3.05, 3.63) is 94.0 Å². The summed E-state index contributed by atoms with van der Waals surface area (Å²) in [4.78, 5) is 23.0. The Kier molecular flexibility index (Phi) is 7.71. The third-order valence-electron chi connectivity index (χ3n) is 4.47. The number of benzene rings is 3. The van der Waals surface area contributed by atoms with Crippen LogP contribution in [0.3, 0.4) is 0 Å². The van der Waals surface area contributed by atoms with Gasteiger partial charge in [-0.3, -0.25) is 20.2 Å². The SMILES string of the molecule is COc1cc([N+](=O)[O-])ccc1NC(=S)NC(=O)c1cccc(OCCc2ccccc2)c1. The Balaban J connectivity index is 1.58. The predicted octanol–water partition coefficient (Wildman–Crippen LogP) is 4.35. The fourth-order valence-electron chi connectivity index (χ4n) is 2.88. The standard InChI is InChI=1S/C23H21N3O5S/c1-30-21-15-18(26(28)29)10-11-20(21)24-23(32)25-22(27)17-8-5-9-19(14-17)31-13-12-16-6-3-2-4-7-16/h2-11,14-15H,12-13H2,1H3,(H2,24,25,27,32). The number of rotatable bonds is 8. The van der Waals surface area contributed by atoms with E-state index in [2.05, 4.69) is 10.6 Å². The monoisotopic (exact) mass is 451 g/mol. The van der Waals surface area contributed by atoms with E-state index in [9.17, 15) is 14.9 Å². The maximum Gasteiger partial charge on any atom is 0.273 e. The Bertz CT molecular complexity index is 1120. The van der Waals surface area contributed by atoms with E-state index in [1.165, 1.54) is 30.9 Å². The molecule has 0 saturated carbocycles.